The zero-order valence-electron chi connectivity index (χ0n) is 15.9. The average Bonchev–Trinajstić information content (AvgIpc) is 2.79. The highest BCUT2D eigenvalue weighted by molar-refractivity contribution is 5.98. The number of rotatable bonds is 7. The summed E-state index contributed by atoms with van der Waals surface area (Å²) in [5.74, 6) is -0.0436. The number of amides is 2. The SMILES string of the molecule is COc1ccc(C=NNC(=O)C(NC(=O)c2ccccc2)c2ccccc2)cc1. The fraction of sp³-hybridized carbons (Fsp3) is 0.0870. The van der Waals surface area contributed by atoms with Crippen LogP contribution in [0.3, 0.4) is 0 Å². The van der Waals surface area contributed by atoms with Crippen molar-refractivity contribution in [1.29, 1.82) is 0 Å². The first-order chi connectivity index (χ1) is 14.2. The molecule has 1 unspecified atom stereocenters. The summed E-state index contributed by atoms with van der Waals surface area (Å²) in [6, 6.07) is 24.1. The second-order valence-corrected chi connectivity index (χ2v) is 6.19. The van der Waals surface area contributed by atoms with E-state index in [-0.39, 0.29) is 5.91 Å². The highest BCUT2D eigenvalue weighted by Crippen LogP contribution is 2.14. The first kappa shape index (κ1) is 19.8. The Kier molecular flexibility index (Phi) is 6.73. The van der Waals surface area contributed by atoms with Crippen molar-refractivity contribution in [2.75, 3.05) is 7.11 Å². The topological polar surface area (TPSA) is 79.8 Å². The van der Waals surface area contributed by atoms with Gasteiger partial charge in [-0.2, -0.15) is 5.10 Å². The smallest absolute Gasteiger partial charge is 0.267 e. The minimum absolute atomic E-state index is 0.339. The van der Waals surface area contributed by atoms with Crippen LogP contribution >= 0.6 is 0 Å². The summed E-state index contributed by atoms with van der Waals surface area (Å²) in [5, 5.41) is 6.78. The molecular formula is C23H21N3O3. The molecule has 0 fully saturated rings. The lowest BCUT2D eigenvalue weighted by atomic mass is 10.1. The van der Waals surface area contributed by atoms with E-state index in [1.165, 1.54) is 6.21 Å². The van der Waals surface area contributed by atoms with E-state index in [2.05, 4.69) is 15.8 Å². The second-order valence-electron chi connectivity index (χ2n) is 6.19. The molecule has 0 aliphatic carbocycles. The number of carbonyl (C=O) groups is 2. The van der Waals surface area contributed by atoms with Gasteiger partial charge in [-0.05, 0) is 47.5 Å². The van der Waals surface area contributed by atoms with Crippen molar-refractivity contribution in [3.05, 3.63) is 102 Å². The Morgan fingerprint density at radius 2 is 1.52 bits per heavy atom. The number of hydrogen-bond acceptors (Lipinski definition) is 4. The molecule has 3 aromatic carbocycles. The van der Waals surface area contributed by atoms with Gasteiger partial charge in [0.25, 0.3) is 11.8 Å². The fourth-order valence-corrected chi connectivity index (χ4v) is 2.67. The molecule has 146 valence electrons. The Balaban J connectivity index is 1.72. The Hall–Kier alpha value is -3.93. The van der Waals surface area contributed by atoms with Crippen molar-refractivity contribution in [3.8, 4) is 5.75 Å². The van der Waals surface area contributed by atoms with Crippen LogP contribution in [0.2, 0.25) is 0 Å². The number of benzene rings is 3. The van der Waals surface area contributed by atoms with Crippen LogP contribution in [0.15, 0.2) is 90.0 Å². The van der Waals surface area contributed by atoms with Crippen LogP contribution in [-0.2, 0) is 4.79 Å². The predicted octanol–water partition coefficient (Wildman–Crippen LogP) is 3.32. The van der Waals surface area contributed by atoms with Gasteiger partial charge in [-0.15, -0.1) is 0 Å². The van der Waals surface area contributed by atoms with Gasteiger partial charge in [0, 0.05) is 5.56 Å². The number of carbonyl (C=O) groups excluding carboxylic acids is 2. The van der Waals surface area contributed by atoms with E-state index in [0.29, 0.717) is 11.1 Å². The molecule has 0 spiro atoms. The number of hydrazone groups is 1. The van der Waals surface area contributed by atoms with Crippen LogP contribution in [0.4, 0.5) is 0 Å². The van der Waals surface area contributed by atoms with Crippen molar-refractivity contribution in [2.45, 2.75) is 6.04 Å². The van der Waals surface area contributed by atoms with Gasteiger partial charge in [0.15, 0.2) is 0 Å². The first-order valence-electron chi connectivity index (χ1n) is 9.05. The molecule has 0 saturated heterocycles. The number of nitrogens with one attached hydrogen (secondary N) is 2. The number of ether oxygens (including phenoxy) is 1. The first-order valence-corrected chi connectivity index (χ1v) is 9.05. The van der Waals surface area contributed by atoms with Gasteiger partial charge in [-0.3, -0.25) is 9.59 Å². The maximum Gasteiger partial charge on any atom is 0.267 e. The lowest BCUT2D eigenvalue weighted by Crippen LogP contribution is -2.38. The molecule has 2 N–H and O–H groups in total. The molecule has 0 bridgehead atoms. The Morgan fingerprint density at radius 3 is 2.14 bits per heavy atom. The summed E-state index contributed by atoms with van der Waals surface area (Å²) in [6.45, 7) is 0. The van der Waals surface area contributed by atoms with Crippen LogP contribution < -0.4 is 15.5 Å². The molecule has 0 aromatic heterocycles. The van der Waals surface area contributed by atoms with Crippen molar-refractivity contribution in [2.24, 2.45) is 5.10 Å². The quantitative estimate of drug-likeness (QED) is 0.482. The van der Waals surface area contributed by atoms with Gasteiger partial charge in [0.1, 0.15) is 11.8 Å². The van der Waals surface area contributed by atoms with Crippen LogP contribution in [0, 0.1) is 0 Å². The average molecular weight is 387 g/mol. The Morgan fingerprint density at radius 1 is 0.897 bits per heavy atom. The molecule has 0 aliphatic rings. The van der Waals surface area contributed by atoms with E-state index in [0.717, 1.165) is 11.3 Å². The summed E-state index contributed by atoms with van der Waals surface area (Å²) < 4.78 is 5.11. The fourth-order valence-electron chi connectivity index (χ4n) is 2.67. The molecule has 6 heteroatoms. The summed E-state index contributed by atoms with van der Waals surface area (Å²) in [5.41, 5.74) is 4.44. The van der Waals surface area contributed by atoms with Gasteiger partial charge < -0.3 is 10.1 Å². The Bertz CT molecular complexity index is 971. The zero-order valence-corrected chi connectivity index (χ0v) is 15.9. The third-order valence-electron chi connectivity index (χ3n) is 4.21. The minimum atomic E-state index is -0.878. The highest BCUT2D eigenvalue weighted by atomic mass is 16.5. The molecule has 0 radical (unpaired) electrons. The maximum atomic E-state index is 12.7. The van der Waals surface area contributed by atoms with E-state index < -0.39 is 11.9 Å². The van der Waals surface area contributed by atoms with Crippen LogP contribution in [0.5, 0.6) is 5.75 Å². The number of hydrogen-bond donors (Lipinski definition) is 2. The monoisotopic (exact) mass is 387 g/mol. The Labute approximate surface area is 169 Å². The third-order valence-corrected chi connectivity index (χ3v) is 4.21. The highest BCUT2D eigenvalue weighted by Gasteiger charge is 2.23. The predicted molar refractivity (Wildman–Crippen MR) is 112 cm³/mol. The third kappa shape index (κ3) is 5.52. The molecule has 3 aromatic rings. The van der Waals surface area contributed by atoms with Crippen LogP contribution in [-0.4, -0.2) is 25.1 Å². The van der Waals surface area contributed by atoms with Crippen molar-refractivity contribution in [1.82, 2.24) is 10.7 Å². The van der Waals surface area contributed by atoms with Crippen molar-refractivity contribution >= 4 is 18.0 Å². The molecule has 3 rings (SSSR count). The summed E-state index contributed by atoms with van der Waals surface area (Å²) in [6.07, 6.45) is 1.53. The van der Waals surface area contributed by atoms with E-state index in [1.54, 1.807) is 55.6 Å². The summed E-state index contributed by atoms with van der Waals surface area (Å²) in [7, 11) is 1.59. The van der Waals surface area contributed by atoms with Gasteiger partial charge in [0.2, 0.25) is 0 Å². The van der Waals surface area contributed by atoms with E-state index in [1.807, 2.05) is 36.4 Å². The molecule has 6 nitrogen and oxygen atoms in total. The summed E-state index contributed by atoms with van der Waals surface area (Å²) in [4.78, 5) is 25.3. The minimum Gasteiger partial charge on any atom is -0.497 e. The van der Waals surface area contributed by atoms with Gasteiger partial charge in [-0.25, -0.2) is 5.43 Å². The molecular weight excluding hydrogens is 366 g/mol. The molecule has 0 heterocycles. The van der Waals surface area contributed by atoms with Crippen LogP contribution in [0.1, 0.15) is 27.5 Å². The molecule has 0 saturated carbocycles. The van der Waals surface area contributed by atoms with Gasteiger partial charge >= 0.3 is 0 Å². The van der Waals surface area contributed by atoms with Crippen molar-refractivity contribution < 1.29 is 14.3 Å². The number of methoxy groups -OCH3 is 1. The molecule has 2 amide bonds. The summed E-state index contributed by atoms with van der Waals surface area (Å²) >= 11 is 0. The zero-order chi connectivity index (χ0) is 20.5. The van der Waals surface area contributed by atoms with E-state index in [4.69, 9.17) is 4.74 Å². The normalized spacial score (nSPS) is 11.6. The van der Waals surface area contributed by atoms with E-state index in [9.17, 15) is 9.59 Å². The molecule has 0 aliphatic heterocycles. The largest absolute Gasteiger partial charge is 0.497 e. The van der Waals surface area contributed by atoms with E-state index >= 15 is 0 Å². The number of nitrogens with zero attached hydrogens (tertiary/aromatic N) is 1. The second kappa shape index (κ2) is 9.85. The molecule has 1 atom stereocenters. The van der Waals surface area contributed by atoms with Crippen LogP contribution in [0.25, 0.3) is 0 Å². The standard InChI is InChI=1S/C23H21N3O3/c1-29-20-14-12-17(13-15-20)16-24-26-23(28)21(18-8-4-2-5-9-18)25-22(27)19-10-6-3-7-11-19/h2-16,21H,1H3,(H,25,27)(H,26,28). The van der Waals surface area contributed by atoms with Gasteiger partial charge in [-0.1, -0.05) is 48.5 Å². The van der Waals surface area contributed by atoms with Gasteiger partial charge in [0.05, 0.1) is 13.3 Å². The lowest BCUT2D eigenvalue weighted by Gasteiger charge is -2.17. The maximum absolute atomic E-state index is 12.7. The lowest BCUT2D eigenvalue weighted by molar-refractivity contribution is -0.123. The van der Waals surface area contributed by atoms with Crippen molar-refractivity contribution in [3.63, 3.8) is 0 Å². The molecule has 29 heavy (non-hydrogen) atoms.